The highest BCUT2D eigenvalue weighted by atomic mass is 32.2. The van der Waals surface area contributed by atoms with E-state index in [1.54, 1.807) is 48.5 Å². The summed E-state index contributed by atoms with van der Waals surface area (Å²) in [5.41, 5.74) is 4.07. The maximum absolute atomic E-state index is 14.2. The van der Waals surface area contributed by atoms with Crippen LogP contribution in [0.2, 0.25) is 0 Å². The monoisotopic (exact) mass is 675 g/mol. The highest BCUT2D eigenvalue weighted by Crippen LogP contribution is 2.45. The van der Waals surface area contributed by atoms with Crippen LogP contribution < -0.4 is 14.4 Å². The molecule has 1 amide bonds. The average molecular weight is 676 g/mol. The van der Waals surface area contributed by atoms with Crippen molar-refractivity contribution in [3.63, 3.8) is 0 Å². The van der Waals surface area contributed by atoms with E-state index in [9.17, 15) is 14.7 Å². The first-order valence-electron chi connectivity index (χ1n) is 15.1. The molecule has 240 valence electrons. The van der Waals surface area contributed by atoms with Crippen LogP contribution in [0.5, 0.6) is 11.5 Å². The number of hydrogen-bond acceptors (Lipinski definition) is 10. The Kier molecular flexibility index (Phi) is 8.70. The molecule has 1 aliphatic rings. The number of para-hydroxylation sites is 1. The molecule has 0 aliphatic carbocycles. The van der Waals surface area contributed by atoms with Crippen LogP contribution in [0.15, 0.2) is 123 Å². The molecule has 1 unspecified atom stereocenters. The predicted octanol–water partition coefficient (Wildman–Crippen LogP) is 8.26. The van der Waals surface area contributed by atoms with Crippen molar-refractivity contribution in [3.05, 3.63) is 142 Å². The fraction of sp³-hybridized carbons (Fsp3) is 0.135. The molecule has 2 aromatic heterocycles. The van der Waals surface area contributed by atoms with E-state index in [1.807, 2.05) is 37.3 Å². The molecule has 0 radical (unpaired) electrons. The summed E-state index contributed by atoms with van der Waals surface area (Å²) in [4.78, 5) is 29.4. The van der Waals surface area contributed by atoms with E-state index in [0.717, 1.165) is 11.1 Å². The highest BCUT2D eigenvalue weighted by Gasteiger charge is 2.47. The molecule has 1 aliphatic heterocycles. The van der Waals surface area contributed by atoms with Crippen LogP contribution in [0.3, 0.4) is 0 Å². The standard InChI is InChI=1S/C37H29N3O6S2/c1-22-14-16-24(17-15-22)21-47-37-39-38-36(48-37)40-31(25-10-6-12-27(18-25)45-20-23-8-4-3-5-9-23)30(33(42)35(40)43)32(41)29-19-26-11-7-13-28(44-2)34(26)46-29/h3-19,31,42H,20-21H2,1-2H3. The second-order valence-electron chi connectivity index (χ2n) is 11.1. The molecule has 4 aromatic carbocycles. The largest absolute Gasteiger partial charge is 0.503 e. The van der Waals surface area contributed by atoms with Gasteiger partial charge in [0.2, 0.25) is 10.9 Å². The molecule has 0 spiro atoms. The van der Waals surface area contributed by atoms with Gasteiger partial charge in [0.25, 0.3) is 5.91 Å². The van der Waals surface area contributed by atoms with E-state index < -0.39 is 23.5 Å². The van der Waals surface area contributed by atoms with Crippen molar-refractivity contribution < 1.29 is 28.6 Å². The topological polar surface area (TPSA) is 115 Å². The highest BCUT2D eigenvalue weighted by molar-refractivity contribution is 8.00. The van der Waals surface area contributed by atoms with Gasteiger partial charge in [0.05, 0.1) is 18.7 Å². The summed E-state index contributed by atoms with van der Waals surface area (Å²) in [7, 11) is 1.51. The number of ketones is 1. The first kappa shape index (κ1) is 31.2. The molecule has 0 saturated heterocycles. The molecule has 7 rings (SSSR count). The quantitative estimate of drug-likeness (QED) is 0.0823. The van der Waals surface area contributed by atoms with Crippen molar-refractivity contribution in [2.45, 2.75) is 29.7 Å². The molecule has 48 heavy (non-hydrogen) atoms. The van der Waals surface area contributed by atoms with Gasteiger partial charge in [-0.3, -0.25) is 14.5 Å². The number of aryl methyl sites for hydroxylation is 1. The van der Waals surface area contributed by atoms with Crippen molar-refractivity contribution in [1.82, 2.24) is 10.2 Å². The van der Waals surface area contributed by atoms with E-state index in [1.165, 1.54) is 40.7 Å². The number of ether oxygens (including phenoxy) is 2. The fourth-order valence-corrected chi connectivity index (χ4v) is 7.32. The number of furan rings is 1. The molecular formula is C37H29N3O6S2. The number of amides is 1. The van der Waals surface area contributed by atoms with Crippen molar-refractivity contribution in [2.24, 2.45) is 0 Å². The molecule has 3 heterocycles. The number of carbonyl (C=O) groups is 2. The van der Waals surface area contributed by atoms with E-state index in [-0.39, 0.29) is 16.5 Å². The summed E-state index contributed by atoms with van der Waals surface area (Å²) in [6.45, 7) is 2.36. The number of benzene rings is 4. The lowest BCUT2D eigenvalue weighted by Gasteiger charge is -2.24. The number of aliphatic hydroxyl groups is 1. The van der Waals surface area contributed by atoms with Crippen LogP contribution >= 0.6 is 23.1 Å². The number of hydrogen-bond donors (Lipinski definition) is 1. The van der Waals surface area contributed by atoms with Crippen molar-refractivity contribution in [3.8, 4) is 11.5 Å². The first-order valence-corrected chi connectivity index (χ1v) is 16.9. The second-order valence-corrected chi connectivity index (χ2v) is 13.3. The maximum Gasteiger partial charge on any atom is 0.296 e. The maximum atomic E-state index is 14.2. The molecule has 0 fully saturated rings. The van der Waals surface area contributed by atoms with E-state index in [0.29, 0.717) is 44.7 Å². The summed E-state index contributed by atoms with van der Waals surface area (Å²) in [5, 5.41) is 20.9. The SMILES string of the molecule is COc1cccc2cc(C(=O)C3=C(O)C(=O)N(c4nnc(SCc5ccc(C)cc5)s4)C3c3cccc(OCc4ccccc4)c3)oc12. The van der Waals surface area contributed by atoms with E-state index in [2.05, 4.69) is 34.5 Å². The molecule has 1 N–H and O–H groups in total. The lowest BCUT2D eigenvalue weighted by molar-refractivity contribution is -0.117. The van der Waals surface area contributed by atoms with Gasteiger partial charge in [-0.1, -0.05) is 108 Å². The fourth-order valence-electron chi connectivity index (χ4n) is 5.49. The Morgan fingerprint density at radius 3 is 2.54 bits per heavy atom. The van der Waals surface area contributed by atoms with Gasteiger partial charge in [-0.25, -0.2) is 0 Å². The number of Topliss-reactive ketones (excluding diaryl/α,β-unsaturated/α-hetero) is 1. The summed E-state index contributed by atoms with van der Waals surface area (Å²) in [5.74, 6) is -0.480. The lowest BCUT2D eigenvalue weighted by atomic mass is 9.95. The van der Waals surface area contributed by atoms with Gasteiger partial charge in [0.1, 0.15) is 12.4 Å². The Morgan fingerprint density at radius 2 is 1.75 bits per heavy atom. The van der Waals surface area contributed by atoms with E-state index in [4.69, 9.17) is 13.9 Å². The van der Waals surface area contributed by atoms with Crippen LogP contribution in [0, 0.1) is 6.92 Å². The normalized spacial score (nSPS) is 14.6. The van der Waals surface area contributed by atoms with Gasteiger partial charge in [-0.15, -0.1) is 10.2 Å². The molecule has 6 aromatic rings. The molecule has 9 nitrogen and oxygen atoms in total. The number of fused-ring (bicyclic) bond motifs is 1. The molecule has 0 saturated carbocycles. The summed E-state index contributed by atoms with van der Waals surface area (Å²) in [6.07, 6.45) is 0. The number of aromatic nitrogens is 2. The third-order valence-corrected chi connectivity index (χ3v) is 10.0. The molecule has 0 bridgehead atoms. The Bertz CT molecular complexity index is 2160. The zero-order valence-electron chi connectivity index (χ0n) is 26.0. The Hall–Kier alpha value is -5.39. The first-order chi connectivity index (χ1) is 23.4. The van der Waals surface area contributed by atoms with Crippen LogP contribution in [-0.4, -0.2) is 34.1 Å². The number of aliphatic hydroxyl groups excluding tert-OH is 1. The summed E-state index contributed by atoms with van der Waals surface area (Å²) >= 11 is 2.70. The Morgan fingerprint density at radius 1 is 0.958 bits per heavy atom. The van der Waals surface area contributed by atoms with Gasteiger partial charge in [0, 0.05) is 11.1 Å². The number of methoxy groups -OCH3 is 1. The second kappa shape index (κ2) is 13.4. The number of carbonyl (C=O) groups excluding carboxylic acids is 2. The predicted molar refractivity (Wildman–Crippen MR) is 185 cm³/mol. The van der Waals surface area contributed by atoms with Crippen molar-refractivity contribution >= 4 is 50.9 Å². The summed E-state index contributed by atoms with van der Waals surface area (Å²) in [6, 6.07) is 30.9. The van der Waals surface area contributed by atoms with Crippen molar-refractivity contribution in [2.75, 3.05) is 12.0 Å². The van der Waals surface area contributed by atoms with Crippen LogP contribution in [0.25, 0.3) is 11.0 Å². The van der Waals surface area contributed by atoms with Crippen LogP contribution in [0.4, 0.5) is 5.13 Å². The van der Waals surface area contributed by atoms with Gasteiger partial charge in [0.15, 0.2) is 27.2 Å². The molecule has 11 heteroatoms. The minimum atomic E-state index is -1.04. The molecular weight excluding hydrogens is 647 g/mol. The van der Waals surface area contributed by atoms with E-state index >= 15 is 0 Å². The average Bonchev–Trinajstić information content (AvgIpc) is 3.84. The zero-order valence-corrected chi connectivity index (χ0v) is 27.6. The number of nitrogens with zero attached hydrogens (tertiary/aromatic N) is 3. The minimum absolute atomic E-state index is 0.0428. The van der Waals surface area contributed by atoms with Gasteiger partial charge >= 0.3 is 0 Å². The Labute approximate surface area is 284 Å². The molecule has 1 atom stereocenters. The minimum Gasteiger partial charge on any atom is -0.503 e. The van der Waals surface area contributed by atoms with Gasteiger partial charge in [-0.05, 0) is 47.9 Å². The third-order valence-electron chi connectivity index (χ3n) is 7.91. The number of anilines is 1. The van der Waals surface area contributed by atoms with Crippen LogP contribution in [-0.2, 0) is 17.2 Å². The number of rotatable bonds is 11. The number of thioether (sulfide) groups is 1. The third kappa shape index (κ3) is 6.17. The van der Waals surface area contributed by atoms with Crippen LogP contribution in [0.1, 0.15) is 38.9 Å². The Balaban J connectivity index is 1.24. The smallest absolute Gasteiger partial charge is 0.296 e. The van der Waals surface area contributed by atoms with Gasteiger partial charge < -0.3 is 19.0 Å². The zero-order chi connectivity index (χ0) is 33.2. The van der Waals surface area contributed by atoms with Crippen molar-refractivity contribution in [1.29, 1.82) is 0 Å². The lowest BCUT2D eigenvalue weighted by Crippen LogP contribution is -2.31. The van der Waals surface area contributed by atoms with Gasteiger partial charge in [-0.2, -0.15) is 0 Å². The summed E-state index contributed by atoms with van der Waals surface area (Å²) < 4.78 is 18.1.